The number of carbonyl (C=O) groups is 1. The first-order chi connectivity index (χ1) is 13.5. The third-order valence-corrected chi connectivity index (χ3v) is 4.47. The number of benzene rings is 2. The fourth-order valence-corrected chi connectivity index (χ4v) is 2.73. The molecule has 3 rings (SSSR count). The van der Waals surface area contributed by atoms with Crippen LogP contribution in [0.15, 0.2) is 42.5 Å². The van der Waals surface area contributed by atoms with Gasteiger partial charge in [0.05, 0.1) is 13.2 Å². The highest BCUT2D eigenvalue weighted by Crippen LogP contribution is 2.35. The predicted molar refractivity (Wildman–Crippen MR) is 106 cm³/mol. The van der Waals surface area contributed by atoms with Crippen LogP contribution in [0.25, 0.3) is 0 Å². The molecule has 1 aliphatic rings. The Hall–Kier alpha value is -2.93. The van der Waals surface area contributed by atoms with E-state index in [1.165, 1.54) is 0 Å². The lowest BCUT2D eigenvalue weighted by atomic mass is 9.95. The highest BCUT2D eigenvalue weighted by atomic mass is 16.7. The Morgan fingerprint density at radius 2 is 1.93 bits per heavy atom. The Balaban J connectivity index is 1.50. The summed E-state index contributed by atoms with van der Waals surface area (Å²) >= 11 is 0. The van der Waals surface area contributed by atoms with Gasteiger partial charge in [-0.25, -0.2) is 4.79 Å². The lowest BCUT2D eigenvalue weighted by molar-refractivity contribution is 0.0597. The number of anilines is 1. The highest BCUT2D eigenvalue weighted by molar-refractivity contribution is 5.89. The Morgan fingerprint density at radius 3 is 2.68 bits per heavy atom. The molecule has 0 spiro atoms. The molecule has 0 saturated carbocycles. The van der Waals surface area contributed by atoms with Crippen LogP contribution in [0.2, 0.25) is 0 Å². The van der Waals surface area contributed by atoms with Crippen molar-refractivity contribution in [3.63, 3.8) is 0 Å². The van der Waals surface area contributed by atoms with Crippen molar-refractivity contribution in [1.82, 2.24) is 5.32 Å². The molecule has 0 fully saturated rings. The second-order valence-corrected chi connectivity index (χ2v) is 6.88. The molecule has 1 atom stereocenters. The number of rotatable bonds is 8. The average Bonchev–Trinajstić information content (AvgIpc) is 3.16. The maximum atomic E-state index is 12.2. The van der Waals surface area contributed by atoms with Crippen LogP contribution >= 0.6 is 0 Å². The van der Waals surface area contributed by atoms with Gasteiger partial charge >= 0.3 is 6.03 Å². The zero-order valence-electron chi connectivity index (χ0n) is 16.2. The molecule has 0 aliphatic carbocycles. The molecule has 0 radical (unpaired) electrons. The van der Waals surface area contributed by atoms with Gasteiger partial charge in [0.1, 0.15) is 11.4 Å². The summed E-state index contributed by atoms with van der Waals surface area (Å²) in [6.45, 7) is 4.63. The Kier molecular flexibility index (Phi) is 6.26. The third-order valence-electron chi connectivity index (χ3n) is 4.47. The number of hydrogen-bond donors (Lipinski definition) is 3. The summed E-state index contributed by atoms with van der Waals surface area (Å²) in [5.74, 6) is 2.00. The number of nitrogens with one attached hydrogen (secondary N) is 2. The maximum absolute atomic E-state index is 12.2. The van der Waals surface area contributed by atoms with Crippen molar-refractivity contribution in [3.8, 4) is 17.2 Å². The van der Waals surface area contributed by atoms with Gasteiger partial charge in [-0.3, -0.25) is 0 Å². The monoisotopic (exact) mass is 386 g/mol. The van der Waals surface area contributed by atoms with Crippen molar-refractivity contribution in [3.05, 3.63) is 48.0 Å². The molecule has 1 aliphatic heterocycles. The maximum Gasteiger partial charge on any atom is 0.319 e. The van der Waals surface area contributed by atoms with Crippen molar-refractivity contribution < 1.29 is 24.1 Å². The summed E-state index contributed by atoms with van der Waals surface area (Å²) in [7, 11) is 0. The van der Waals surface area contributed by atoms with Crippen molar-refractivity contribution in [1.29, 1.82) is 0 Å². The Bertz CT molecular complexity index is 805. The molecule has 28 heavy (non-hydrogen) atoms. The lowest BCUT2D eigenvalue weighted by Crippen LogP contribution is -2.40. The first kappa shape index (κ1) is 19.8. The number of ether oxygens (including phenoxy) is 3. The molecule has 0 aromatic heterocycles. The molecule has 2 aromatic rings. The minimum Gasteiger partial charge on any atom is -0.494 e. The molecule has 0 saturated heterocycles. The minimum atomic E-state index is -1.25. The summed E-state index contributed by atoms with van der Waals surface area (Å²) in [5, 5.41) is 16.1. The van der Waals surface area contributed by atoms with E-state index in [-0.39, 0.29) is 13.3 Å². The number of amides is 2. The molecule has 2 aromatic carbocycles. The number of fused-ring (bicyclic) bond motifs is 1. The summed E-state index contributed by atoms with van der Waals surface area (Å²) < 4.78 is 16.2. The summed E-state index contributed by atoms with van der Waals surface area (Å²) in [5.41, 5.74) is 0.0173. The van der Waals surface area contributed by atoms with Crippen molar-refractivity contribution in [2.24, 2.45) is 0 Å². The second-order valence-electron chi connectivity index (χ2n) is 6.88. The van der Waals surface area contributed by atoms with Gasteiger partial charge in [-0.1, -0.05) is 19.4 Å². The molecule has 3 N–H and O–H groups in total. The van der Waals surface area contributed by atoms with Crippen LogP contribution in [0, 0.1) is 0 Å². The number of aliphatic hydroxyl groups is 1. The predicted octanol–water partition coefficient (Wildman–Crippen LogP) is 3.62. The second kappa shape index (κ2) is 8.84. The number of urea groups is 1. The van der Waals surface area contributed by atoms with Crippen molar-refractivity contribution in [2.75, 3.05) is 25.3 Å². The quantitative estimate of drug-likeness (QED) is 0.603. The van der Waals surface area contributed by atoms with Gasteiger partial charge in [-0.05, 0) is 55.3 Å². The third kappa shape index (κ3) is 5.07. The van der Waals surface area contributed by atoms with Crippen LogP contribution in [0.3, 0.4) is 0 Å². The Morgan fingerprint density at radius 1 is 1.18 bits per heavy atom. The molecule has 1 heterocycles. The van der Waals surface area contributed by atoms with Gasteiger partial charge < -0.3 is 30.0 Å². The smallest absolute Gasteiger partial charge is 0.319 e. The normalized spacial score (nSPS) is 14.2. The zero-order chi connectivity index (χ0) is 20.0. The van der Waals surface area contributed by atoms with E-state index in [4.69, 9.17) is 14.2 Å². The molecule has 150 valence electrons. The van der Waals surface area contributed by atoms with Gasteiger partial charge in [0, 0.05) is 5.69 Å². The van der Waals surface area contributed by atoms with Gasteiger partial charge in [-0.2, -0.15) is 0 Å². The first-order valence-corrected chi connectivity index (χ1v) is 9.38. The lowest BCUT2D eigenvalue weighted by Gasteiger charge is -2.24. The molecule has 2 amide bonds. The molecule has 0 unspecified atom stereocenters. The number of hydrogen-bond acceptors (Lipinski definition) is 5. The summed E-state index contributed by atoms with van der Waals surface area (Å²) in [6.07, 6.45) is 2.08. The van der Waals surface area contributed by atoms with E-state index in [0.717, 1.165) is 18.6 Å². The van der Waals surface area contributed by atoms with E-state index < -0.39 is 11.6 Å². The van der Waals surface area contributed by atoms with Crippen molar-refractivity contribution in [2.45, 2.75) is 32.3 Å². The van der Waals surface area contributed by atoms with Crippen LogP contribution in [0.5, 0.6) is 17.2 Å². The molecular weight excluding hydrogens is 360 g/mol. The molecule has 7 nitrogen and oxygen atoms in total. The molecule has 0 bridgehead atoms. The summed E-state index contributed by atoms with van der Waals surface area (Å²) in [6, 6.07) is 12.0. The molecule has 7 heteroatoms. The zero-order valence-corrected chi connectivity index (χ0v) is 16.2. The van der Waals surface area contributed by atoms with Gasteiger partial charge in [0.15, 0.2) is 11.5 Å². The van der Waals surface area contributed by atoms with Gasteiger partial charge in [0.25, 0.3) is 0 Å². The standard InChI is InChI=1S/C21H26N2O5/c1-3-4-11-26-17-8-6-16(7-9-17)23-20(24)22-13-21(2,25)15-5-10-18-19(12-15)28-14-27-18/h5-10,12,25H,3-4,11,13-14H2,1-2H3,(H2,22,23,24)/t21-/m0/s1. The van der Waals surface area contributed by atoms with Crippen molar-refractivity contribution >= 4 is 11.7 Å². The van der Waals surface area contributed by atoms with Crippen LogP contribution in [0.1, 0.15) is 32.3 Å². The van der Waals surface area contributed by atoms with Crippen LogP contribution in [0.4, 0.5) is 10.5 Å². The highest BCUT2D eigenvalue weighted by Gasteiger charge is 2.26. The summed E-state index contributed by atoms with van der Waals surface area (Å²) in [4.78, 5) is 12.2. The van der Waals surface area contributed by atoms with E-state index >= 15 is 0 Å². The Labute approximate surface area is 164 Å². The minimum absolute atomic E-state index is 0.0384. The van der Waals surface area contributed by atoms with Gasteiger partial charge in [-0.15, -0.1) is 0 Å². The average molecular weight is 386 g/mol. The van der Waals surface area contributed by atoms with Crippen LogP contribution < -0.4 is 24.8 Å². The fraction of sp³-hybridized carbons (Fsp3) is 0.381. The largest absolute Gasteiger partial charge is 0.494 e. The SMILES string of the molecule is CCCCOc1ccc(NC(=O)NC[C@](C)(O)c2ccc3c(c2)OCO3)cc1. The number of carbonyl (C=O) groups excluding carboxylic acids is 1. The van der Waals surface area contributed by atoms with E-state index in [9.17, 15) is 9.90 Å². The topological polar surface area (TPSA) is 89.1 Å². The van der Waals surface area contributed by atoms with E-state index in [0.29, 0.717) is 29.4 Å². The van der Waals surface area contributed by atoms with Crippen LogP contribution in [-0.4, -0.2) is 31.1 Å². The van der Waals surface area contributed by atoms with E-state index in [1.54, 1.807) is 37.3 Å². The number of unbranched alkanes of at least 4 members (excludes halogenated alkanes) is 1. The first-order valence-electron chi connectivity index (χ1n) is 9.38. The molecular formula is C21H26N2O5. The van der Waals surface area contributed by atoms with E-state index in [1.807, 2.05) is 12.1 Å². The van der Waals surface area contributed by atoms with Crippen LogP contribution in [-0.2, 0) is 5.60 Å². The van der Waals surface area contributed by atoms with Gasteiger partial charge in [0.2, 0.25) is 6.79 Å². The van der Waals surface area contributed by atoms with E-state index in [2.05, 4.69) is 17.6 Å². The fourth-order valence-electron chi connectivity index (χ4n) is 2.73.